The van der Waals surface area contributed by atoms with Crippen LogP contribution in [0.1, 0.15) is 4.88 Å². The van der Waals surface area contributed by atoms with Crippen LogP contribution < -0.4 is 0 Å². The molecule has 0 aliphatic rings. The van der Waals surface area contributed by atoms with Crippen molar-refractivity contribution in [3.05, 3.63) is 33.9 Å². The molecule has 0 saturated carbocycles. The number of nitriles is 1. The molecule has 0 unspecified atom stereocenters. The first-order chi connectivity index (χ1) is 6.22. The fourth-order valence-corrected chi connectivity index (χ4v) is 2.25. The molecule has 1 nitrogen and oxygen atoms in total. The van der Waals surface area contributed by atoms with E-state index in [1.165, 1.54) is 17.4 Å². The van der Waals surface area contributed by atoms with Crippen LogP contribution in [0, 0.1) is 17.1 Å². The Morgan fingerprint density at radius 2 is 2.23 bits per heavy atom. The molecular formula is C9H3ClFNS. The minimum absolute atomic E-state index is 0.0928. The molecule has 64 valence electrons. The van der Waals surface area contributed by atoms with Gasteiger partial charge in [-0.25, -0.2) is 4.39 Å². The Morgan fingerprint density at radius 3 is 2.92 bits per heavy atom. The van der Waals surface area contributed by atoms with Gasteiger partial charge >= 0.3 is 0 Å². The number of hydrogen-bond acceptors (Lipinski definition) is 2. The average molecular weight is 212 g/mol. The molecule has 1 heterocycles. The van der Waals surface area contributed by atoms with E-state index in [0.717, 1.165) is 4.70 Å². The van der Waals surface area contributed by atoms with Crippen molar-refractivity contribution in [1.82, 2.24) is 0 Å². The topological polar surface area (TPSA) is 23.8 Å². The van der Waals surface area contributed by atoms with E-state index in [1.807, 2.05) is 6.07 Å². The quantitative estimate of drug-likeness (QED) is 0.654. The van der Waals surface area contributed by atoms with Crippen LogP contribution in [-0.2, 0) is 0 Å². The maximum atomic E-state index is 13.0. The lowest BCUT2D eigenvalue weighted by molar-refractivity contribution is 0.630. The van der Waals surface area contributed by atoms with E-state index in [4.69, 9.17) is 16.9 Å². The zero-order chi connectivity index (χ0) is 9.42. The van der Waals surface area contributed by atoms with Crippen LogP contribution >= 0.6 is 22.9 Å². The maximum Gasteiger partial charge on any atom is 0.142 e. The third-order valence-corrected chi connectivity index (χ3v) is 3.09. The van der Waals surface area contributed by atoms with E-state index in [0.29, 0.717) is 10.3 Å². The van der Waals surface area contributed by atoms with Gasteiger partial charge in [-0.2, -0.15) is 5.26 Å². The first-order valence-electron chi connectivity index (χ1n) is 3.50. The second kappa shape index (κ2) is 2.99. The van der Waals surface area contributed by atoms with Gasteiger partial charge in [0.05, 0.1) is 5.02 Å². The Morgan fingerprint density at radius 1 is 1.46 bits per heavy atom. The van der Waals surface area contributed by atoms with Crippen LogP contribution in [0.2, 0.25) is 5.02 Å². The van der Waals surface area contributed by atoms with Crippen LogP contribution in [0.4, 0.5) is 4.39 Å². The number of rotatable bonds is 0. The molecule has 1 aromatic carbocycles. The van der Waals surface area contributed by atoms with E-state index in [-0.39, 0.29) is 5.02 Å². The van der Waals surface area contributed by atoms with E-state index in [1.54, 1.807) is 12.1 Å². The summed E-state index contributed by atoms with van der Waals surface area (Å²) in [5.74, 6) is -0.448. The molecule has 0 radical (unpaired) electrons. The fraction of sp³-hybridized carbons (Fsp3) is 0. The van der Waals surface area contributed by atoms with Gasteiger partial charge in [0.15, 0.2) is 0 Å². The van der Waals surface area contributed by atoms with Gasteiger partial charge in [-0.05, 0) is 18.2 Å². The van der Waals surface area contributed by atoms with Gasteiger partial charge in [-0.15, -0.1) is 11.3 Å². The van der Waals surface area contributed by atoms with Gasteiger partial charge in [0, 0.05) is 10.1 Å². The highest BCUT2D eigenvalue weighted by Gasteiger charge is 2.08. The highest BCUT2D eigenvalue weighted by Crippen LogP contribution is 2.32. The summed E-state index contributed by atoms with van der Waals surface area (Å²) in [6, 6.07) is 6.54. The molecule has 13 heavy (non-hydrogen) atoms. The molecule has 4 heteroatoms. The molecule has 0 atom stereocenters. The van der Waals surface area contributed by atoms with Gasteiger partial charge in [0.25, 0.3) is 0 Å². The summed E-state index contributed by atoms with van der Waals surface area (Å²) in [4.78, 5) is 0.544. The standard InChI is InChI=1S/C9H3ClFNS/c10-9-6-3-5(4-12)13-8(6)2-1-7(9)11/h1-3H. The van der Waals surface area contributed by atoms with Crippen molar-refractivity contribution in [2.45, 2.75) is 0 Å². The number of thiophene rings is 1. The summed E-state index contributed by atoms with van der Waals surface area (Å²) >= 11 is 7.03. The van der Waals surface area contributed by atoms with Crippen molar-refractivity contribution in [2.24, 2.45) is 0 Å². The number of halogens is 2. The lowest BCUT2D eigenvalue weighted by Gasteiger charge is -1.93. The molecule has 0 aliphatic heterocycles. The Bertz CT molecular complexity index is 512. The Labute approximate surface area is 83.0 Å². The molecule has 0 fully saturated rings. The Hall–Kier alpha value is -1.11. The smallest absolute Gasteiger partial charge is 0.142 e. The van der Waals surface area contributed by atoms with E-state index >= 15 is 0 Å². The largest absolute Gasteiger partial charge is 0.205 e. The minimum atomic E-state index is -0.448. The summed E-state index contributed by atoms with van der Waals surface area (Å²) in [6.45, 7) is 0. The predicted octanol–water partition coefficient (Wildman–Crippen LogP) is 3.57. The van der Waals surface area contributed by atoms with Gasteiger partial charge in [-0.3, -0.25) is 0 Å². The molecule has 2 aromatic rings. The van der Waals surface area contributed by atoms with Crippen LogP contribution in [0.5, 0.6) is 0 Å². The van der Waals surface area contributed by atoms with Crippen molar-refractivity contribution in [3.63, 3.8) is 0 Å². The first kappa shape index (κ1) is 8.49. The summed E-state index contributed by atoms with van der Waals surface area (Å²) < 4.78 is 13.8. The Balaban J connectivity index is 2.86. The molecular weight excluding hydrogens is 209 g/mol. The summed E-state index contributed by atoms with van der Waals surface area (Å²) in [5.41, 5.74) is 0. The molecule has 1 aromatic heterocycles. The number of nitrogens with zero attached hydrogens (tertiary/aromatic N) is 1. The maximum absolute atomic E-state index is 13.0. The SMILES string of the molecule is N#Cc1cc2c(Cl)c(F)ccc2s1. The van der Waals surface area contributed by atoms with Crippen molar-refractivity contribution < 1.29 is 4.39 Å². The molecule has 2 rings (SSSR count). The lowest BCUT2D eigenvalue weighted by atomic mass is 10.2. The molecule has 0 saturated heterocycles. The van der Waals surface area contributed by atoms with Crippen LogP contribution in [0.25, 0.3) is 10.1 Å². The van der Waals surface area contributed by atoms with Gasteiger partial charge < -0.3 is 0 Å². The van der Waals surface area contributed by atoms with E-state index in [9.17, 15) is 4.39 Å². The summed E-state index contributed by atoms with van der Waals surface area (Å²) in [6.07, 6.45) is 0. The van der Waals surface area contributed by atoms with Crippen LogP contribution in [0.15, 0.2) is 18.2 Å². The fourth-order valence-electron chi connectivity index (χ4n) is 1.11. The highest BCUT2D eigenvalue weighted by molar-refractivity contribution is 7.19. The summed E-state index contributed by atoms with van der Waals surface area (Å²) in [5, 5.41) is 9.33. The zero-order valence-corrected chi connectivity index (χ0v) is 7.92. The number of fused-ring (bicyclic) bond motifs is 1. The summed E-state index contributed by atoms with van der Waals surface area (Å²) in [7, 11) is 0. The van der Waals surface area contributed by atoms with Crippen molar-refractivity contribution >= 4 is 33.0 Å². The normalized spacial score (nSPS) is 10.2. The first-order valence-corrected chi connectivity index (χ1v) is 4.69. The van der Waals surface area contributed by atoms with Crippen LogP contribution in [-0.4, -0.2) is 0 Å². The number of benzene rings is 1. The second-order valence-corrected chi connectivity index (χ2v) is 3.96. The van der Waals surface area contributed by atoms with Gasteiger partial charge in [0.1, 0.15) is 16.8 Å². The molecule has 0 bridgehead atoms. The van der Waals surface area contributed by atoms with E-state index in [2.05, 4.69) is 0 Å². The molecule has 0 spiro atoms. The molecule has 0 aliphatic carbocycles. The van der Waals surface area contributed by atoms with Gasteiger partial charge in [-0.1, -0.05) is 11.6 Å². The van der Waals surface area contributed by atoms with Gasteiger partial charge in [0.2, 0.25) is 0 Å². The van der Waals surface area contributed by atoms with E-state index < -0.39 is 5.82 Å². The van der Waals surface area contributed by atoms with Crippen LogP contribution in [0.3, 0.4) is 0 Å². The monoisotopic (exact) mass is 211 g/mol. The van der Waals surface area contributed by atoms with Crippen molar-refractivity contribution in [1.29, 1.82) is 5.26 Å². The predicted molar refractivity (Wildman–Crippen MR) is 51.5 cm³/mol. The highest BCUT2D eigenvalue weighted by atomic mass is 35.5. The number of hydrogen-bond donors (Lipinski definition) is 0. The molecule has 0 N–H and O–H groups in total. The van der Waals surface area contributed by atoms with Crippen molar-refractivity contribution in [3.8, 4) is 6.07 Å². The second-order valence-electron chi connectivity index (χ2n) is 2.50. The zero-order valence-electron chi connectivity index (χ0n) is 6.34. The Kier molecular flexibility index (Phi) is 1.95. The third kappa shape index (κ3) is 1.28. The molecule has 0 amide bonds. The third-order valence-electron chi connectivity index (χ3n) is 1.70. The van der Waals surface area contributed by atoms with Crippen molar-refractivity contribution in [2.75, 3.05) is 0 Å². The lowest BCUT2D eigenvalue weighted by Crippen LogP contribution is -1.74. The average Bonchev–Trinajstić information content (AvgIpc) is 2.55. The minimum Gasteiger partial charge on any atom is -0.205 e.